The van der Waals surface area contributed by atoms with Gasteiger partial charge >= 0.3 is 6.03 Å². The van der Waals surface area contributed by atoms with E-state index in [1.165, 1.54) is 48.0 Å². The molecular weight excluding hydrogens is 574 g/mol. The van der Waals surface area contributed by atoms with Gasteiger partial charge in [0.1, 0.15) is 23.4 Å². The largest absolute Gasteiger partial charge is 0.480 e. The number of urea groups is 1. The summed E-state index contributed by atoms with van der Waals surface area (Å²) in [7, 11) is 6.64. The monoisotopic (exact) mass is 600 g/mol. The Bertz CT molecular complexity index is 1740. The number of methoxy groups -OCH3 is 1. The van der Waals surface area contributed by atoms with Crippen molar-refractivity contribution in [3.8, 4) is 17.3 Å². The second-order valence-corrected chi connectivity index (χ2v) is 10.8. The van der Waals surface area contributed by atoms with E-state index in [1.807, 2.05) is 32.5 Å². The highest BCUT2D eigenvalue weighted by atomic mass is 35.5. The minimum atomic E-state index is -0.992. The number of fused-ring (bicyclic) bond motifs is 1. The molecule has 14 heteroatoms. The van der Waals surface area contributed by atoms with Crippen LogP contribution in [0.2, 0.25) is 10.0 Å². The molecule has 5 rings (SSSR count). The molecule has 1 unspecified atom stereocenters. The summed E-state index contributed by atoms with van der Waals surface area (Å²) in [5.41, 5.74) is 0.860. The highest BCUT2D eigenvalue weighted by molar-refractivity contribution is 6.31. The van der Waals surface area contributed by atoms with Crippen molar-refractivity contribution in [3.05, 3.63) is 74.1 Å². The maximum Gasteiger partial charge on any atom is 0.328 e. The first kappa shape index (κ1) is 28.4. The van der Waals surface area contributed by atoms with Crippen molar-refractivity contribution in [3.63, 3.8) is 0 Å². The molecule has 0 fully saturated rings. The summed E-state index contributed by atoms with van der Waals surface area (Å²) in [5.74, 6) is 0.666. The normalized spacial score (nSPS) is 14.7. The first-order chi connectivity index (χ1) is 19.4. The average molecular weight is 601 g/mol. The summed E-state index contributed by atoms with van der Waals surface area (Å²) in [6, 6.07) is 3.79. The van der Waals surface area contributed by atoms with Crippen LogP contribution in [-0.4, -0.2) is 51.3 Å². The number of ether oxygens (including phenoxy) is 1. The Hall–Kier alpha value is -4.16. The Morgan fingerprint density at radius 2 is 1.88 bits per heavy atom. The van der Waals surface area contributed by atoms with Gasteiger partial charge in [-0.15, -0.1) is 0 Å². The number of benzene rings is 1. The van der Waals surface area contributed by atoms with E-state index in [0.29, 0.717) is 28.6 Å². The van der Waals surface area contributed by atoms with Crippen molar-refractivity contribution in [1.82, 2.24) is 24.1 Å². The molecule has 2 amide bonds. The van der Waals surface area contributed by atoms with E-state index in [0.717, 1.165) is 0 Å². The number of imidazole rings is 1. The zero-order valence-corrected chi connectivity index (χ0v) is 24.6. The van der Waals surface area contributed by atoms with Crippen LogP contribution in [0, 0.1) is 5.82 Å². The Kier molecular flexibility index (Phi) is 7.39. The third-order valence-corrected chi connectivity index (χ3v) is 7.16. The summed E-state index contributed by atoms with van der Waals surface area (Å²) in [5, 5.41) is 2.96. The van der Waals surface area contributed by atoms with Crippen LogP contribution in [0.3, 0.4) is 0 Å². The van der Waals surface area contributed by atoms with E-state index >= 15 is 0 Å². The fourth-order valence-electron chi connectivity index (χ4n) is 4.86. The molecule has 11 nitrogen and oxygen atoms in total. The minimum Gasteiger partial charge on any atom is -0.480 e. The number of nitrogens with zero attached hydrogens (tertiary/aromatic N) is 7. The Labute approximate surface area is 245 Å². The SMILES string of the molecule is COc1nc(N(C)C)ncc1-c1nc2c(n1C(C)C)C(c1ccc(Cl)c(F)c1)N(c1cc(Cl)cn(C)c1=O)C(=O)N2. The number of aryl methyl sites for hydroxylation is 1. The number of pyridine rings is 1. The van der Waals surface area contributed by atoms with E-state index in [-0.39, 0.29) is 33.5 Å². The number of carbonyl (C=O) groups excluding carboxylic acids is 1. The minimum absolute atomic E-state index is 0.00202. The molecule has 1 atom stereocenters. The van der Waals surface area contributed by atoms with Crippen molar-refractivity contribution in [1.29, 1.82) is 0 Å². The molecule has 0 saturated carbocycles. The lowest BCUT2D eigenvalue weighted by molar-refractivity contribution is 0.254. The van der Waals surface area contributed by atoms with Crippen LogP contribution >= 0.6 is 23.2 Å². The topological polar surface area (TPSA) is 110 Å². The molecule has 214 valence electrons. The van der Waals surface area contributed by atoms with Crippen molar-refractivity contribution in [2.45, 2.75) is 25.9 Å². The van der Waals surface area contributed by atoms with Crippen LogP contribution in [-0.2, 0) is 7.05 Å². The lowest BCUT2D eigenvalue weighted by Crippen LogP contribution is -2.46. The van der Waals surface area contributed by atoms with Crippen LogP contribution in [0.5, 0.6) is 5.88 Å². The number of hydrogen-bond donors (Lipinski definition) is 1. The predicted molar refractivity (Wildman–Crippen MR) is 156 cm³/mol. The summed E-state index contributed by atoms with van der Waals surface area (Å²) in [6.07, 6.45) is 3.04. The van der Waals surface area contributed by atoms with E-state index in [1.54, 1.807) is 17.2 Å². The molecule has 1 aliphatic rings. The zero-order valence-electron chi connectivity index (χ0n) is 23.1. The van der Waals surface area contributed by atoms with E-state index in [2.05, 4.69) is 15.3 Å². The number of amides is 2. The molecule has 1 N–H and O–H groups in total. The molecule has 0 spiro atoms. The van der Waals surface area contributed by atoms with Gasteiger partial charge in [-0.3, -0.25) is 15.0 Å². The van der Waals surface area contributed by atoms with Gasteiger partial charge < -0.3 is 18.8 Å². The third-order valence-electron chi connectivity index (χ3n) is 6.65. The molecule has 0 radical (unpaired) electrons. The lowest BCUT2D eigenvalue weighted by Gasteiger charge is -2.37. The zero-order chi connectivity index (χ0) is 29.7. The average Bonchev–Trinajstić information content (AvgIpc) is 3.30. The van der Waals surface area contributed by atoms with Gasteiger partial charge in [0.05, 0.1) is 28.4 Å². The number of carbonyl (C=O) groups is 1. The van der Waals surface area contributed by atoms with Gasteiger partial charge in [-0.1, -0.05) is 29.3 Å². The summed E-state index contributed by atoms with van der Waals surface area (Å²) in [4.78, 5) is 43.8. The van der Waals surface area contributed by atoms with Gasteiger partial charge in [-0.25, -0.2) is 19.2 Å². The van der Waals surface area contributed by atoms with Crippen LogP contribution < -0.4 is 25.4 Å². The van der Waals surface area contributed by atoms with Gasteiger partial charge in [0, 0.05) is 39.6 Å². The molecule has 0 saturated heterocycles. The molecule has 41 heavy (non-hydrogen) atoms. The smallest absolute Gasteiger partial charge is 0.328 e. The highest BCUT2D eigenvalue weighted by Gasteiger charge is 2.42. The fraction of sp³-hybridized carbons (Fsp3) is 0.296. The number of nitrogens with one attached hydrogen (secondary N) is 1. The molecule has 1 aliphatic heterocycles. The molecule has 4 heterocycles. The lowest BCUT2D eigenvalue weighted by atomic mass is 9.98. The highest BCUT2D eigenvalue weighted by Crippen LogP contribution is 2.44. The maximum atomic E-state index is 14.9. The van der Waals surface area contributed by atoms with Gasteiger partial charge in [-0.05, 0) is 37.6 Å². The second-order valence-electron chi connectivity index (χ2n) is 9.96. The van der Waals surface area contributed by atoms with Crippen molar-refractivity contribution in [2.75, 3.05) is 36.3 Å². The molecule has 3 aromatic heterocycles. The Morgan fingerprint density at radius 1 is 1.15 bits per heavy atom. The molecular formula is C27H27Cl2FN8O3. The standard InChI is InChI=1S/C27H27Cl2FN8O3/c1-13(2)37-21-20(14-7-8-17(29)18(30)9-14)38(19-10-15(28)12-36(5)25(19)39)27(40)33-22(21)32-23(37)16-11-31-26(35(3)4)34-24(16)41-6/h7-13,20H,1-6H3,(H,33,40). The number of anilines is 3. The van der Waals surface area contributed by atoms with Gasteiger partial charge in [0.15, 0.2) is 5.82 Å². The van der Waals surface area contributed by atoms with Crippen LogP contribution in [0.25, 0.3) is 11.4 Å². The molecule has 1 aromatic carbocycles. The number of hydrogen-bond acceptors (Lipinski definition) is 7. The van der Waals surface area contributed by atoms with Crippen LogP contribution in [0.1, 0.15) is 37.2 Å². The van der Waals surface area contributed by atoms with Gasteiger partial charge in [0.25, 0.3) is 5.56 Å². The van der Waals surface area contributed by atoms with Gasteiger partial charge in [-0.2, -0.15) is 4.98 Å². The molecule has 0 bridgehead atoms. The Balaban J connectivity index is 1.84. The first-order valence-electron chi connectivity index (χ1n) is 12.5. The first-order valence-corrected chi connectivity index (χ1v) is 13.3. The molecule has 0 aliphatic carbocycles. The third kappa shape index (κ3) is 4.87. The number of rotatable bonds is 6. The predicted octanol–water partition coefficient (Wildman–Crippen LogP) is 5.28. The van der Waals surface area contributed by atoms with Crippen molar-refractivity contribution >= 4 is 46.7 Å². The second kappa shape index (κ2) is 10.7. The quantitative estimate of drug-likeness (QED) is 0.320. The van der Waals surface area contributed by atoms with Gasteiger partial charge in [0.2, 0.25) is 11.8 Å². The molecule has 4 aromatic rings. The van der Waals surface area contributed by atoms with Crippen LogP contribution in [0.4, 0.5) is 26.6 Å². The number of halogens is 3. The van der Waals surface area contributed by atoms with E-state index in [9.17, 15) is 14.0 Å². The van der Waals surface area contributed by atoms with E-state index < -0.39 is 23.4 Å². The van der Waals surface area contributed by atoms with Crippen LogP contribution in [0.15, 0.2) is 41.5 Å². The van der Waals surface area contributed by atoms with Crippen molar-refractivity contribution in [2.24, 2.45) is 7.05 Å². The number of aromatic nitrogens is 5. The Morgan fingerprint density at radius 3 is 2.51 bits per heavy atom. The summed E-state index contributed by atoms with van der Waals surface area (Å²) in [6.45, 7) is 3.87. The van der Waals surface area contributed by atoms with Crippen molar-refractivity contribution < 1.29 is 13.9 Å². The summed E-state index contributed by atoms with van der Waals surface area (Å²) < 4.78 is 23.6. The van der Waals surface area contributed by atoms with E-state index in [4.69, 9.17) is 32.9 Å². The maximum absolute atomic E-state index is 14.9. The summed E-state index contributed by atoms with van der Waals surface area (Å²) >= 11 is 12.3. The fourth-order valence-corrected chi connectivity index (χ4v) is 5.23.